The SMILES string of the molecule is CC1(C)C[C@H]2C[C@@](C)(CN2Cc2c(O)ccc3c4c(c(=O)oc23)CCC4)C1. The first-order valence-electron chi connectivity index (χ1n) is 10.3. The van der Waals surface area contributed by atoms with E-state index in [0.29, 0.717) is 29.0 Å². The van der Waals surface area contributed by atoms with Crippen molar-refractivity contribution in [3.63, 3.8) is 0 Å². The number of fused-ring (bicyclic) bond motifs is 5. The van der Waals surface area contributed by atoms with Crippen LogP contribution < -0.4 is 5.63 Å². The lowest BCUT2D eigenvalue weighted by Gasteiger charge is -2.40. The highest BCUT2D eigenvalue weighted by molar-refractivity contribution is 5.86. The van der Waals surface area contributed by atoms with E-state index in [1.807, 2.05) is 6.07 Å². The Labute approximate surface area is 160 Å². The molecule has 2 heterocycles. The van der Waals surface area contributed by atoms with Crippen LogP contribution in [0.25, 0.3) is 11.0 Å². The molecule has 4 heteroatoms. The van der Waals surface area contributed by atoms with Crippen LogP contribution in [0.15, 0.2) is 21.3 Å². The highest BCUT2D eigenvalue weighted by atomic mass is 16.4. The zero-order valence-corrected chi connectivity index (χ0v) is 16.6. The Morgan fingerprint density at radius 1 is 1.19 bits per heavy atom. The van der Waals surface area contributed by atoms with Gasteiger partial charge in [0.25, 0.3) is 0 Å². The van der Waals surface area contributed by atoms with Gasteiger partial charge in [-0.1, -0.05) is 20.8 Å². The van der Waals surface area contributed by atoms with Crippen LogP contribution in [0, 0.1) is 10.8 Å². The minimum absolute atomic E-state index is 0.213. The van der Waals surface area contributed by atoms with Crippen molar-refractivity contribution in [2.75, 3.05) is 6.54 Å². The summed E-state index contributed by atoms with van der Waals surface area (Å²) in [6, 6.07) is 4.24. The molecule has 0 spiro atoms. The Morgan fingerprint density at radius 2 is 1.96 bits per heavy atom. The van der Waals surface area contributed by atoms with Crippen LogP contribution in [0.5, 0.6) is 5.75 Å². The predicted octanol–water partition coefficient (Wildman–Crippen LogP) is 4.39. The molecule has 2 aromatic rings. The lowest BCUT2D eigenvalue weighted by atomic mass is 9.65. The van der Waals surface area contributed by atoms with Crippen LogP contribution in [0.2, 0.25) is 0 Å². The Hall–Kier alpha value is -1.81. The maximum atomic E-state index is 12.5. The topological polar surface area (TPSA) is 53.7 Å². The van der Waals surface area contributed by atoms with E-state index in [4.69, 9.17) is 4.42 Å². The molecule has 4 nitrogen and oxygen atoms in total. The number of hydrogen-bond donors (Lipinski definition) is 1. The number of nitrogens with zero attached hydrogens (tertiary/aromatic N) is 1. The van der Waals surface area contributed by atoms with E-state index < -0.39 is 0 Å². The van der Waals surface area contributed by atoms with E-state index in [2.05, 4.69) is 25.7 Å². The quantitative estimate of drug-likeness (QED) is 0.800. The Morgan fingerprint density at radius 3 is 2.78 bits per heavy atom. The number of benzene rings is 1. The third-order valence-electron chi connectivity index (χ3n) is 7.10. The van der Waals surface area contributed by atoms with Gasteiger partial charge in [0.2, 0.25) is 0 Å². The maximum absolute atomic E-state index is 12.5. The van der Waals surface area contributed by atoms with Gasteiger partial charge in [0, 0.05) is 30.1 Å². The number of rotatable bonds is 2. The van der Waals surface area contributed by atoms with E-state index in [1.165, 1.54) is 19.3 Å². The Kier molecular flexibility index (Phi) is 3.59. The molecule has 2 fully saturated rings. The van der Waals surface area contributed by atoms with Crippen LogP contribution in [0.1, 0.15) is 63.1 Å². The lowest BCUT2D eigenvalue weighted by molar-refractivity contribution is 0.126. The molecule has 3 aliphatic rings. The van der Waals surface area contributed by atoms with Crippen LogP contribution in [-0.2, 0) is 19.4 Å². The van der Waals surface area contributed by atoms with Crippen LogP contribution in [0.3, 0.4) is 0 Å². The summed E-state index contributed by atoms with van der Waals surface area (Å²) in [6.45, 7) is 8.85. The number of phenols is 1. The molecule has 2 aliphatic carbocycles. The van der Waals surface area contributed by atoms with Crippen molar-refractivity contribution in [3.05, 3.63) is 39.2 Å². The zero-order chi connectivity index (χ0) is 19.0. The van der Waals surface area contributed by atoms with E-state index >= 15 is 0 Å². The predicted molar refractivity (Wildman–Crippen MR) is 106 cm³/mol. The van der Waals surface area contributed by atoms with Crippen LogP contribution in [-0.4, -0.2) is 22.6 Å². The van der Waals surface area contributed by atoms with Gasteiger partial charge in [-0.2, -0.15) is 0 Å². The number of aryl methyl sites for hydroxylation is 1. The van der Waals surface area contributed by atoms with Crippen molar-refractivity contribution in [2.45, 2.75) is 71.9 Å². The smallest absolute Gasteiger partial charge is 0.339 e. The second kappa shape index (κ2) is 5.60. The highest BCUT2D eigenvalue weighted by Gasteiger charge is 2.49. The third kappa shape index (κ3) is 2.72. The maximum Gasteiger partial charge on any atom is 0.339 e. The zero-order valence-electron chi connectivity index (χ0n) is 16.6. The summed E-state index contributed by atoms with van der Waals surface area (Å²) in [5, 5.41) is 11.6. The summed E-state index contributed by atoms with van der Waals surface area (Å²) in [4.78, 5) is 15.0. The van der Waals surface area contributed by atoms with Gasteiger partial charge in [0.05, 0.1) is 5.56 Å². The molecule has 5 rings (SSSR count). The second-order valence-electron chi connectivity index (χ2n) is 10.3. The van der Waals surface area contributed by atoms with Gasteiger partial charge >= 0.3 is 5.63 Å². The van der Waals surface area contributed by atoms with Crippen molar-refractivity contribution >= 4 is 11.0 Å². The van der Waals surface area contributed by atoms with Gasteiger partial charge in [0.1, 0.15) is 11.3 Å². The van der Waals surface area contributed by atoms with Crippen molar-refractivity contribution < 1.29 is 9.52 Å². The van der Waals surface area contributed by atoms with Crippen molar-refractivity contribution in [1.82, 2.24) is 4.90 Å². The van der Waals surface area contributed by atoms with Crippen molar-refractivity contribution in [1.29, 1.82) is 0 Å². The average Bonchev–Trinajstić information content (AvgIpc) is 3.13. The lowest BCUT2D eigenvalue weighted by Crippen LogP contribution is -2.34. The van der Waals surface area contributed by atoms with Gasteiger partial charge in [0.15, 0.2) is 0 Å². The third-order valence-corrected chi connectivity index (χ3v) is 7.10. The normalized spacial score (nSPS) is 29.4. The molecule has 2 atom stereocenters. The van der Waals surface area contributed by atoms with Gasteiger partial charge < -0.3 is 9.52 Å². The number of likely N-dealkylation sites (tertiary alicyclic amines) is 1. The first-order chi connectivity index (χ1) is 12.7. The van der Waals surface area contributed by atoms with Gasteiger partial charge in [-0.25, -0.2) is 4.79 Å². The minimum Gasteiger partial charge on any atom is -0.507 e. The molecule has 0 amide bonds. The largest absolute Gasteiger partial charge is 0.507 e. The fraction of sp³-hybridized carbons (Fsp3) is 0.609. The summed E-state index contributed by atoms with van der Waals surface area (Å²) in [6.07, 6.45) is 6.41. The molecule has 0 radical (unpaired) electrons. The summed E-state index contributed by atoms with van der Waals surface area (Å²) in [5.41, 5.74) is 3.85. The standard InChI is InChI=1S/C23H29NO3/c1-22(2)9-14-10-23(3,12-22)13-24(14)11-18-19(25)8-7-16-15-5-4-6-17(15)21(26)27-20(16)18/h7-8,14,25H,4-6,9-13H2,1-3H3/t14-,23+/m0/s1. The van der Waals surface area contributed by atoms with E-state index in [0.717, 1.165) is 47.9 Å². The molecule has 144 valence electrons. The molecule has 1 aromatic carbocycles. The second-order valence-corrected chi connectivity index (χ2v) is 10.3. The fourth-order valence-electron chi connectivity index (χ4n) is 6.51. The molecule has 27 heavy (non-hydrogen) atoms. The van der Waals surface area contributed by atoms with Crippen LogP contribution >= 0.6 is 0 Å². The minimum atomic E-state index is -0.213. The summed E-state index contributed by atoms with van der Waals surface area (Å²) in [7, 11) is 0. The number of hydrogen-bond acceptors (Lipinski definition) is 4. The Balaban J connectivity index is 1.57. The van der Waals surface area contributed by atoms with Gasteiger partial charge in [-0.05, 0) is 67.1 Å². The molecular formula is C23H29NO3. The molecule has 1 saturated carbocycles. The molecule has 1 N–H and O–H groups in total. The summed E-state index contributed by atoms with van der Waals surface area (Å²) < 4.78 is 5.76. The number of aromatic hydroxyl groups is 1. The van der Waals surface area contributed by atoms with E-state index in [1.54, 1.807) is 6.07 Å². The summed E-state index contributed by atoms with van der Waals surface area (Å²) in [5.74, 6) is 0.245. The van der Waals surface area contributed by atoms with Gasteiger partial charge in [-0.15, -0.1) is 0 Å². The molecule has 2 bridgehead atoms. The van der Waals surface area contributed by atoms with Gasteiger partial charge in [-0.3, -0.25) is 4.90 Å². The molecule has 1 aliphatic heterocycles. The first-order valence-corrected chi connectivity index (χ1v) is 10.3. The van der Waals surface area contributed by atoms with E-state index in [-0.39, 0.29) is 11.4 Å². The number of phenolic OH excluding ortho intramolecular Hbond substituents is 1. The molecule has 1 aromatic heterocycles. The molecule has 1 saturated heterocycles. The first kappa shape index (κ1) is 17.3. The van der Waals surface area contributed by atoms with Crippen LogP contribution in [0.4, 0.5) is 0 Å². The van der Waals surface area contributed by atoms with E-state index in [9.17, 15) is 9.90 Å². The monoisotopic (exact) mass is 367 g/mol. The molecular weight excluding hydrogens is 338 g/mol. The highest BCUT2D eigenvalue weighted by Crippen LogP contribution is 2.53. The average molecular weight is 367 g/mol. The fourth-order valence-corrected chi connectivity index (χ4v) is 6.51. The molecule has 0 unspecified atom stereocenters. The Bertz CT molecular complexity index is 989. The summed E-state index contributed by atoms with van der Waals surface area (Å²) >= 11 is 0. The van der Waals surface area contributed by atoms with Crippen molar-refractivity contribution in [3.8, 4) is 5.75 Å². The van der Waals surface area contributed by atoms with Crippen molar-refractivity contribution in [2.24, 2.45) is 10.8 Å².